The number of nitro benzene ring substituents is 1. The van der Waals surface area contributed by atoms with Crippen LogP contribution in [0.2, 0.25) is 0 Å². The van der Waals surface area contributed by atoms with Crippen molar-refractivity contribution >= 4 is 5.69 Å². The molecule has 0 N–H and O–H groups in total. The molecule has 19 heavy (non-hydrogen) atoms. The Hall–Kier alpha value is -3.04. The fourth-order valence-corrected chi connectivity index (χ4v) is 1.45. The molecule has 0 aliphatic heterocycles. The van der Waals surface area contributed by atoms with Crippen LogP contribution in [-0.4, -0.2) is 4.92 Å². The number of non-ortho nitro benzene ring substituents is 1. The van der Waals surface area contributed by atoms with E-state index in [1.54, 1.807) is 36.4 Å². The highest BCUT2D eigenvalue weighted by atomic mass is 16.6. The van der Waals surface area contributed by atoms with Crippen LogP contribution in [0.15, 0.2) is 48.5 Å². The van der Waals surface area contributed by atoms with E-state index in [2.05, 4.69) is 17.8 Å². The summed E-state index contributed by atoms with van der Waals surface area (Å²) in [4.78, 5) is 10.1. The van der Waals surface area contributed by atoms with Crippen molar-refractivity contribution in [3.05, 3.63) is 81.8 Å². The smallest absolute Gasteiger partial charge is 0.258 e. The summed E-state index contributed by atoms with van der Waals surface area (Å²) in [7, 11) is 0. The van der Waals surface area contributed by atoms with Crippen LogP contribution in [0.5, 0.6) is 0 Å². The molecule has 0 atom stereocenters. The Balaban J connectivity index is 2.19. The predicted octanol–water partition coefficient (Wildman–Crippen LogP) is 2.93. The quantitative estimate of drug-likeness (QED) is 0.441. The molecule has 2 rings (SSSR count). The maximum atomic E-state index is 10.5. The lowest BCUT2D eigenvalue weighted by Crippen LogP contribution is -1.86. The minimum atomic E-state index is -0.441. The van der Waals surface area contributed by atoms with Gasteiger partial charge >= 0.3 is 0 Å². The van der Waals surface area contributed by atoms with Gasteiger partial charge in [-0.25, -0.2) is 0 Å². The van der Waals surface area contributed by atoms with Gasteiger partial charge < -0.3 is 0 Å². The van der Waals surface area contributed by atoms with E-state index in [4.69, 9.17) is 6.42 Å². The number of hydrogen-bond acceptors (Lipinski definition) is 2. The van der Waals surface area contributed by atoms with E-state index in [1.807, 2.05) is 0 Å². The summed E-state index contributed by atoms with van der Waals surface area (Å²) >= 11 is 0. The van der Waals surface area contributed by atoms with E-state index in [0.717, 1.165) is 5.56 Å². The molecule has 0 aliphatic carbocycles. The van der Waals surface area contributed by atoms with Gasteiger partial charge in [0.15, 0.2) is 0 Å². The van der Waals surface area contributed by atoms with Crippen LogP contribution in [-0.2, 0) is 0 Å². The second kappa shape index (κ2) is 5.53. The van der Waals surface area contributed by atoms with Gasteiger partial charge in [-0.2, -0.15) is 0 Å². The monoisotopic (exact) mass is 246 g/mol. The van der Waals surface area contributed by atoms with E-state index in [1.165, 1.54) is 12.1 Å². The molecule has 0 unspecified atom stereocenters. The van der Waals surface area contributed by atoms with Crippen molar-refractivity contribution in [3.63, 3.8) is 0 Å². The molecule has 2 aromatic carbocycles. The third kappa shape index (κ3) is 3.21. The van der Waals surface area contributed by atoms with Gasteiger partial charge in [-0.05, 0) is 42.8 Å². The molecule has 2 aromatic rings. The van der Waals surface area contributed by atoms with Crippen LogP contribution < -0.4 is 0 Å². The summed E-state index contributed by atoms with van der Waals surface area (Å²) < 4.78 is 0. The minimum absolute atomic E-state index is 0.0522. The fourth-order valence-electron chi connectivity index (χ4n) is 1.45. The largest absolute Gasteiger partial charge is 0.269 e. The molecular weight excluding hydrogens is 238 g/mol. The lowest BCUT2D eigenvalue weighted by molar-refractivity contribution is -0.384. The Morgan fingerprint density at radius 1 is 0.842 bits per heavy atom. The van der Waals surface area contributed by atoms with Gasteiger partial charge in [-0.1, -0.05) is 17.8 Å². The van der Waals surface area contributed by atoms with Crippen molar-refractivity contribution < 1.29 is 4.92 Å². The van der Waals surface area contributed by atoms with Crippen molar-refractivity contribution in [3.8, 4) is 17.8 Å². The van der Waals surface area contributed by atoms with Crippen molar-refractivity contribution in [1.29, 1.82) is 0 Å². The lowest BCUT2D eigenvalue weighted by atomic mass is 10.1. The lowest BCUT2D eigenvalue weighted by Gasteiger charge is -1.92. The van der Waals surface area contributed by atoms with Crippen molar-refractivity contribution in [2.75, 3.05) is 0 Å². The summed E-state index contributed by atoms with van der Waals surface area (Å²) in [6.07, 6.45) is 6.96. The Labute approximate surface area is 111 Å². The molecule has 89 valence electrons. The molecule has 0 saturated heterocycles. The highest BCUT2D eigenvalue weighted by Crippen LogP contribution is 2.11. The van der Waals surface area contributed by atoms with Gasteiger partial charge in [0.1, 0.15) is 0 Å². The van der Waals surface area contributed by atoms with Crippen molar-refractivity contribution in [2.45, 2.75) is 0 Å². The third-order valence-corrected chi connectivity index (χ3v) is 2.46. The number of nitro groups is 1. The first-order valence-corrected chi connectivity index (χ1v) is 5.48. The first-order valence-electron chi connectivity index (χ1n) is 5.48. The van der Waals surface area contributed by atoms with Crippen molar-refractivity contribution in [1.82, 2.24) is 0 Å². The molecule has 0 spiro atoms. The van der Waals surface area contributed by atoms with E-state index in [9.17, 15) is 10.1 Å². The number of benzene rings is 2. The second-order valence-electron chi connectivity index (χ2n) is 3.76. The number of hydrogen-bond donors (Lipinski definition) is 0. The maximum absolute atomic E-state index is 10.5. The predicted molar refractivity (Wildman–Crippen MR) is 71.8 cm³/mol. The summed E-state index contributed by atoms with van der Waals surface area (Å²) in [6, 6.07) is 13.2. The molecule has 1 radical (unpaired) electrons. The summed E-state index contributed by atoms with van der Waals surface area (Å²) in [5.74, 6) is 8.16. The molecular formula is C16H8NO2. The molecule has 0 saturated carbocycles. The fraction of sp³-hybridized carbons (Fsp3) is 0. The average molecular weight is 246 g/mol. The normalized spacial score (nSPS) is 9.00. The average Bonchev–Trinajstić information content (AvgIpc) is 2.46. The van der Waals surface area contributed by atoms with Crippen LogP contribution in [0.1, 0.15) is 16.7 Å². The number of nitrogens with zero attached hydrogens (tertiary/aromatic N) is 1. The molecule has 0 aliphatic rings. The van der Waals surface area contributed by atoms with E-state index >= 15 is 0 Å². The Kier molecular flexibility index (Phi) is 3.61. The molecule has 0 bridgehead atoms. The van der Waals surface area contributed by atoms with Gasteiger partial charge in [0.05, 0.1) is 4.92 Å². The minimum Gasteiger partial charge on any atom is -0.258 e. The zero-order valence-corrected chi connectivity index (χ0v) is 9.88. The van der Waals surface area contributed by atoms with Crippen molar-refractivity contribution in [2.24, 2.45) is 0 Å². The summed E-state index contributed by atoms with van der Waals surface area (Å²) in [5.41, 5.74) is 2.28. The molecule has 3 nitrogen and oxygen atoms in total. The standard InChI is InChI=1S/C16H8NO2/c1-2-13-3-5-14(6-4-13)7-8-15-9-11-16(12-10-15)17(18)19/h3-6,9-12H. The SMILES string of the molecule is [C]#Cc1ccc(C#Cc2ccc([N+](=O)[O-])cc2)cc1. The maximum Gasteiger partial charge on any atom is 0.269 e. The van der Waals surface area contributed by atoms with Gasteiger partial charge in [0.25, 0.3) is 5.69 Å². The third-order valence-electron chi connectivity index (χ3n) is 2.46. The second-order valence-corrected chi connectivity index (χ2v) is 3.76. The van der Waals surface area contributed by atoms with Gasteiger partial charge in [-0.15, -0.1) is 0 Å². The zero-order valence-electron chi connectivity index (χ0n) is 9.88. The highest BCUT2D eigenvalue weighted by molar-refractivity contribution is 5.46. The first-order chi connectivity index (χ1) is 9.19. The van der Waals surface area contributed by atoms with Gasteiger partial charge in [0, 0.05) is 28.8 Å². The van der Waals surface area contributed by atoms with Crippen LogP contribution in [0.25, 0.3) is 0 Å². The van der Waals surface area contributed by atoms with E-state index in [0.29, 0.717) is 11.1 Å². The van der Waals surface area contributed by atoms with Gasteiger partial charge in [-0.3, -0.25) is 10.1 Å². The molecule has 0 amide bonds. The zero-order chi connectivity index (χ0) is 13.7. The first kappa shape index (κ1) is 12.4. The molecule has 0 aromatic heterocycles. The highest BCUT2D eigenvalue weighted by Gasteiger charge is 2.02. The van der Waals surface area contributed by atoms with Crippen LogP contribution in [0.4, 0.5) is 5.69 Å². The molecule has 0 fully saturated rings. The topological polar surface area (TPSA) is 43.1 Å². The number of rotatable bonds is 1. The summed E-state index contributed by atoms with van der Waals surface area (Å²) in [6.45, 7) is 0. The summed E-state index contributed by atoms with van der Waals surface area (Å²) in [5, 5.41) is 10.5. The molecule has 0 heterocycles. The van der Waals surface area contributed by atoms with Crippen LogP contribution >= 0.6 is 0 Å². The Morgan fingerprint density at radius 3 is 1.68 bits per heavy atom. The Morgan fingerprint density at radius 2 is 1.26 bits per heavy atom. The molecule has 3 heteroatoms. The Bertz CT molecular complexity index is 696. The van der Waals surface area contributed by atoms with Crippen LogP contribution in [0.3, 0.4) is 0 Å². The van der Waals surface area contributed by atoms with E-state index in [-0.39, 0.29) is 5.69 Å². The van der Waals surface area contributed by atoms with Gasteiger partial charge in [0.2, 0.25) is 0 Å². The van der Waals surface area contributed by atoms with E-state index < -0.39 is 4.92 Å². The van der Waals surface area contributed by atoms with Crippen LogP contribution in [0, 0.1) is 34.3 Å².